The van der Waals surface area contributed by atoms with Crippen LogP contribution >= 0.6 is 0 Å². The van der Waals surface area contributed by atoms with Gasteiger partial charge in [0.2, 0.25) is 0 Å². The van der Waals surface area contributed by atoms with E-state index in [4.69, 9.17) is 4.42 Å². The first-order valence-electron chi connectivity index (χ1n) is 10.5. The van der Waals surface area contributed by atoms with Gasteiger partial charge in [-0.1, -0.05) is 68.4 Å². The summed E-state index contributed by atoms with van der Waals surface area (Å²) >= 11 is 0. The number of aryl methyl sites for hydroxylation is 1. The van der Waals surface area contributed by atoms with Crippen molar-refractivity contribution >= 4 is 43.7 Å². The van der Waals surface area contributed by atoms with Crippen LogP contribution in [0.5, 0.6) is 0 Å². The van der Waals surface area contributed by atoms with E-state index in [0.29, 0.717) is 0 Å². The Bertz CT molecular complexity index is 1680. The van der Waals surface area contributed by atoms with Gasteiger partial charge in [0.1, 0.15) is 11.2 Å². The molecule has 0 unspecified atom stereocenters. The summed E-state index contributed by atoms with van der Waals surface area (Å²) in [4.78, 5) is 0. The van der Waals surface area contributed by atoms with Crippen LogP contribution in [-0.4, -0.2) is 4.57 Å². The van der Waals surface area contributed by atoms with E-state index < -0.39 is 0 Å². The van der Waals surface area contributed by atoms with E-state index in [-0.39, 0.29) is 5.41 Å². The SMILES string of the molecule is Cn1c2cc3oc4ccccc4c3cc2c2ccc3c(c21)C(C)(C)c1ccccc1-3. The Morgan fingerprint density at radius 2 is 1.50 bits per heavy atom. The van der Waals surface area contributed by atoms with Crippen LogP contribution in [0.15, 0.2) is 77.2 Å². The minimum atomic E-state index is -0.0284. The summed E-state index contributed by atoms with van der Waals surface area (Å²) in [5, 5.41) is 4.98. The zero-order valence-electron chi connectivity index (χ0n) is 17.3. The summed E-state index contributed by atoms with van der Waals surface area (Å²) < 4.78 is 8.55. The number of hydrogen-bond acceptors (Lipinski definition) is 1. The molecule has 1 aliphatic rings. The molecule has 0 radical (unpaired) electrons. The highest BCUT2D eigenvalue weighted by Crippen LogP contribution is 2.52. The highest BCUT2D eigenvalue weighted by molar-refractivity contribution is 6.18. The third-order valence-corrected chi connectivity index (χ3v) is 7.18. The summed E-state index contributed by atoms with van der Waals surface area (Å²) in [5.41, 5.74) is 10.0. The molecule has 0 saturated carbocycles. The van der Waals surface area contributed by atoms with Crippen molar-refractivity contribution in [3.63, 3.8) is 0 Å². The van der Waals surface area contributed by atoms with Crippen molar-refractivity contribution in [3.05, 3.63) is 83.9 Å². The lowest BCUT2D eigenvalue weighted by molar-refractivity contribution is 0.662. The Morgan fingerprint density at radius 3 is 2.40 bits per heavy atom. The van der Waals surface area contributed by atoms with E-state index in [1.54, 1.807) is 0 Å². The van der Waals surface area contributed by atoms with Crippen molar-refractivity contribution in [2.45, 2.75) is 19.3 Å². The van der Waals surface area contributed by atoms with Crippen LogP contribution < -0.4 is 0 Å². The van der Waals surface area contributed by atoms with E-state index >= 15 is 0 Å². The Hall–Kier alpha value is -3.52. The predicted octanol–water partition coefficient (Wildman–Crippen LogP) is 7.54. The molecule has 0 fully saturated rings. The van der Waals surface area contributed by atoms with Crippen molar-refractivity contribution in [3.8, 4) is 11.1 Å². The second-order valence-electron chi connectivity index (χ2n) is 9.08. The van der Waals surface area contributed by atoms with E-state index in [9.17, 15) is 0 Å². The number of fused-ring (bicyclic) bond motifs is 10. The van der Waals surface area contributed by atoms with Gasteiger partial charge >= 0.3 is 0 Å². The van der Waals surface area contributed by atoms with Crippen molar-refractivity contribution < 1.29 is 4.42 Å². The topological polar surface area (TPSA) is 18.1 Å². The standard InChI is InChI=1S/C28H21NO/c1-28(2)22-10-6-4-8-16(22)18-12-13-19-20-14-21-17-9-5-7-11-24(17)30-25(21)15-23(20)29(3)27(19)26(18)28/h4-15H,1-3H3. The lowest BCUT2D eigenvalue weighted by Gasteiger charge is -2.23. The second-order valence-corrected chi connectivity index (χ2v) is 9.08. The average molecular weight is 387 g/mol. The van der Waals surface area contributed by atoms with Gasteiger partial charge in [-0.05, 0) is 34.4 Å². The Labute approximate surface area is 174 Å². The smallest absolute Gasteiger partial charge is 0.137 e. The molecule has 30 heavy (non-hydrogen) atoms. The Balaban J connectivity index is 1.66. The molecule has 0 saturated heterocycles. The van der Waals surface area contributed by atoms with Crippen LogP contribution in [0.3, 0.4) is 0 Å². The average Bonchev–Trinajstić information content (AvgIpc) is 3.34. The van der Waals surface area contributed by atoms with Gasteiger partial charge in [-0.3, -0.25) is 0 Å². The molecule has 6 aromatic rings. The summed E-state index contributed by atoms with van der Waals surface area (Å²) in [5.74, 6) is 0. The molecule has 2 heterocycles. The fourth-order valence-electron chi connectivity index (χ4n) is 5.79. The van der Waals surface area contributed by atoms with Crippen molar-refractivity contribution in [1.82, 2.24) is 4.57 Å². The van der Waals surface area contributed by atoms with Gasteiger partial charge in [0.05, 0.1) is 11.0 Å². The summed E-state index contributed by atoms with van der Waals surface area (Å²) in [6.45, 7) is 4.71. The molecule has 2 aromatic heterocycles. The van der Waals surface area contributed by atoms with Crippen molar-refractivity contribution in [2.75, 3.05) is 0 Å². The molecule has 144 valence electrons. The molecule has 0 atom stereocenters. The zero-order valence-corrected chi connectivity index (χ0v) is 17.3. The molecule has 0 aliphatic heterocycles. The summed E-state index contributed by atoms with van der Waals surface area (Å²) in [6, 6.07) is 26.3. The summed E-state index contributed by atoms with van der Waals surface area (Å²) in [6.07, 6.45) is 0. The third-order valence-electron chi connectivity index (χ3n) is 7.18. The monoisotopic (exact) mass is 387 g/mol. The van der Waals surface area contributed by atoms with Crippen LogP contribution in [0.4, 0.5) is 0 Å². The second kappa shape index (κ2) is 5.14. The maximum Gasteiger partial charge on any atom is 0.137 e. The summed E-state index contributed by atoms with van der Waals surface area (Å²) in [7, 11) is 2.19. The first-order chi connectivity index (χ1) is 14.6. The highest BCUT2D eigenvalue weighted by atomic mass is 16.3. The van der Waals surface area contributed by atoms with Gasteiger partial charge in [0.25, 0.3) is 0 Å². The van der Waals surface area contributed by atoms with Gasteiger partial charge in [-0.25, -0.2) is 0 Å². The number of hydrogen-bond donors (Lipinski definition) is 0. The molecule has 0 amide bonds. The number of furan rings is 1. The first-order valence-corrected chi connectivity index (χ1v) is 10.5. The number of rotatable bonds is 0. The van der Waals surface area contributed by atoms with E-state index in [1.807, 2.05) is 12.1 Å². The van der Waals surface area contributed by atoms with Crippen molar-refractivity contribution in [2.24, 2.45) is 7.05 Å². The van der Waals surface area contributed by atoms with E-state index in [0.717, 1.165) is 11.2 Å². The largest absolute Gasteiger partial charge is 0.456 e. The van der Waals surface area contributed by atoms with Gasteiger partial charge in [-0.2, -0.15) is 0 Å². The van der Waals surface area contributed by atoms with Gasteiger partial charge < -0.3 is 8.98 Å². The van der Waals surface area contributed by atoms with Crippen LogP contribution in [0.25, 0.3) is 54.9 Å². The molecule has 0 N–H and O–H groups in total. The molecule has 2 heteroatoms. The number of benzene rings is 4. The quantitative estimate of drug-likeness (QED) is 0.263. The molecule has 2 nitrogen and oxygen atoms in total. The predicted molar refractivity (Wildman–Crippen MR) is 125 cm³/mol. The lowest BCUT2D eigenvalue weighted by Crippen LogP contribution is -2.16. The lowest BCUT2D eigenvalue weighted by atomic mass is 9.81. The van der Waals surface area contributed by atoms with Crippen LogP contribution in [0.2, 0.25) is 0 Å². The molecule has 4 aromatic carbocycles. The van der Waals surface area contributed by atoms with Gasteiger partial charge in [0, 0.05) is 40.1 Å². The first kappa shape index (κ1) is 16.3. The number of para-hydroxylation sites is 1. The third kappa shape index (κ3) is 1.76. The molecule has 7 rings (SSSR count). The molecule has 0 spiro atoms. The maximum absolute atomic E-state index is 6.18. The molecule has 1 aliphatic carbocycles. The fraction of sp³-hybridized carbons (Fsp3) is 0.143. The number of aromatic nitrogens is 1. The highest BCUT2D eigenvalue weighted by Gasteiger charge is 2.37. The minimum absolute atomic E-state index is 0.0284. The normalized spacial score (nSPS) is 14.8. The van der Waals surface area contributed by atoms with Crippen LogP contribution in [0, 0.1) is 0 Å². The van der Waals surface area contributed by atoms with Crippen LogP contribution in [0.1, 0.15) is 25.0 Å². The van der Waals surface area contributed by atoms with E-state index in [2.05, 4.69) is 86.1 Å². The Morgan fingerprint density at radius 1 is 0.700 bits per heavy atom. The van der Waals surface area contributed by atoms with Gasteiger partial charge in [-0.15, -0.1) is 0 Å². The Kier molecular flexibility index (Phi) is 2.79. The molecular weight excluding hydrogens is 366 g/mol. The van der Waals surface area contributed by atoms with Gasteiger partial charge in [0.15, 0.2) is 0 Å². The van der Waals surface area contributed by atoms with E-state index in [1.165, 1.54) is 54.8 Å². The minimum Gasteiger partial charge on any atom is -0.456 e. The zero-order chi connectivity index (χ0) is 20.2. The maximum atomic E-state index is 6.18. The molecular formula is C28H21NO. The fourth-order valence-corrected chi connectivity index (χ4v) is 5.79. The number of nitrogens with zero attached hydrogens (tertiary/aromatic N) is 1. The van der Waals surface area contributed by atoms with Crippen LogP contribution in [-0.2, 0) is 12.5 Å². The molecule has 0 bridgehead atoms. The van der Waals surface area contributed by atoms with Crippen molar-refractivity contribution in [1.29, 1.82) is 0 Å².